The minimum absolute atomic E-state index is 0.226. The third kappa shape index (κ3) is 4.09. The van der Waals surface area contributed by atoms with Crippen molar-refractivity contribution in [3.63, 3.8) is 0 Å². The van der Waals surface area contributed by atoms with E-state index in [9.17, 15) is 4.79 Å². The van der Waals surface area contributed by atoms with Crippen LogP contribution in [0.2, 0.25) is 5.02 Å². The smallest absolute Gasteiger partial charge is 0.257 e. The fourth-order valence-electron chi connectivity index (χ4n) is 1.94. The highest BCUT2D eigenvalue weighted by atomic mass is 35.5. The zero-order valence-corrected chi connectivity index (χ0v) is 13.6. The standard InChI is InChI=1S/C17H13ClN2O2S/c18-12-5-7-13(8-6-12)22-17-15(4-1-9-19-17)16(21)20-11-14-3-2-10-23-14/h1-10H,11H2,(H,20,21). The molecule has 0 spiro atoms. The summed E-state index contributed by atoms with van der Waals surface area (Å²) in [4.78, 5) is 17.6. The second-order valence-electron chi connectivity index (χ2n) is 4.67. The minimum Gasteiger partial charge on any atom is -0.438 e. The van der Waals surface area contributed by atoms with E-state index in [0.29, 0.717) is 22.9 Å². The molecular weight excluding hydrogens is 332 g/mol. The summed E-state index contributed by atoms with van der Waals surface area (Å²) in [5.41, 5.74) is 0.388. The Morgan fingerprint density at radius 2 is 2.00 bits per heavy atom. The van der Waals surface area contributed by atoms with Crippen molar-refractivity contribution in [1.29, 1.82) is 0 Å². The number of carbonyl (C=O) groups excluding carboxylic acids is 1. The molecule has 0 aliphatic carbocycles. The first-order valence-electron chi connectivity index (χ1n) is 6.91. The predicted octanol–water partition coefficient (Wildman–Crippen LogP) is 4.52. The van der Waals surface area contributed by atoms with Crippen molar-refractivity contribution in [3.8, 4) is 11.6 Å². The number of carbonyl (C=O) groups is 1. The zero-order valence-electron chi connectivity index (χ0n) is 12.0. The Morgan fingerprint density at radius 1 is 1.17 bits per heavy atom. The Hall–Kier alpha value is -2.37. The molecule has 0 aliphatic rings. The molecule has 3 aromatic rings. The van der Waals surface area contributed by atoms with Gasteiger partial charge in [0.05, 0.1) is 6.54 Å². The molecule has 0 saturated heterocycles. The molecule has 3 rings (SSSR count). The molecule has 1 amide bonds. The van der Waals surface area contributed by atoms with Crippen LogP contribution in [-0.2, 0) is 6.54 Å². The zero-order chi connectivity index (χ0) is 16.1. The highest BCUT2D eigenvalue weighted by molar-refractivity contribution is 7.09. The van der Waals surface area contributed by atoms with Crippen molar-refractivity contribution in [3.05, 3.63) is 75.6 Å². The van der Waals surface area contributed by atoms with Crippen molar-refractivity contribution in [2.45, 2.75) is 6.54 Å². The number of pyridine rings is 1. The average Bonchev–Trinajstić information content (AvgIpc) is 3.09. The van der Waals surface area contributed by atoms with Gasteiger partial charge in [0.1, 0.15) is 11.3 Å². The third-order valence-corrected chi connectivity index (χ3v) is 4.18. The van der Waals surface area contributed by atoms with Gasteiger partial charge in [-0.1, -0.05) is 17.7 Å². The van der Waals surface area contributed by atoms with Crippen LogP contribution in [0.15, 0.2) is 60.1 Å². The lowest BCUT2D eigenvalue weighted by Crippen LogP contribution is -2.23. The Morgan fingerprint density at radius 3 is 2.74 bits per heavy atom. The number of nitrogens with one attached hydrogen (secondary N) is 1. The van der Waals surface area contributed by atoms with Crippen LogP contribution in [0.1, 0.15) is 15.2 Å². The van der Waals surface area contributed by atoms with Gasteiger partial charge in [0.2, 0.25) is 5.88 Å². The van der Waals surface area contributed by atoms with Gasteiger partial charge in [0, 0.05) is 16.1 Å². The van der Waals surface area contributed by atoms with Crippen molar-refractivity contribution in [2.75, 3.05) is 0 Å². The van der Waals surface area contributed by atoms with Gasteiger partial charge in [-0.05, 0) is 47.8 Å². The topological polar surface area (TPSA) is 51.2 Å². The third-order valence-electron chi connectivity index (χ3n) is 3.05. The van der Waals surface area contributed by atoms with Gasteiger partial charge in [-0.2, -0.15) is 0 Å². The molecule has 4 nitrogen and oxygen atoms in total. The van der Waals surface area contributed by atoms with Crippen LogP contribution in [0.4, 0.5) is 0 Å². The van der Waals surface area contributed by atoms with E-state index in [4.69, 9.17) is 16.3 Å². The highest BCUT2D eigenvalue weighted by Crippen LogP contribution is 2.24. The molecule has 23 heavy (non-hydrogen) atoms. The molecule has 116 valence electrons. The maximum Gasteiger partial charge on any atom is 0.257 e. The summed E-state index contributed by atoms with van der Waals surface area (Å²) in [5.74, 6) is 0.606. The quantitative estimate of drug-likeness (QED) is 0.740. The number of benzene rings is 1. The number of rotatable bonds is 5. The average molecular weight is 345 g/mol. The Labute approximate surface area is 142 Å². The number of hydrogen-bond acceptors (Lipinski definition) is 4. The van der Waals surface area contributed by atoms with Crippen LogP contribution in [-0.4, -0.2) is 10.9 Å². The largest absolute Gasteiger partial charge is 0.438 e. The van der Waals surface area contributed by atoms with E-state index in [2.05, 4.69) is 10.3 Å². The Balaban J connectivity index is 1.74. The van der Waals surface area contributed by atoms with Crippen molar-refractivity contribution < 1.29 is 9.53 Å². The summed E-state index contributed by atoms with van der Waals surface area (Å²) in [6.07, 6.45) is 1.58. The molecule has 6 heteroatoms. The van der Waals surface area contributed by atoms with Crippen LogP contribution >= 0.6 is 22.9 Å². The summed E-state index contributed by atoms with van der Waals surface area (Å²) in [5, 5.41) is 5.46. The Kier molecular flexibility index (Phi) is 4.90. The first kappa shape index (κ1) is 15.5. The fourth-order valence-corrected chi connectivity index (χ4v) is 2.71. The molecule has 0 atom stereocenters. The van der Waals surface area contributed by atoms with Gasteiger partial charge >= 0.3 is 0 Å². The van der Waals surface area contributed by atoms with Crippen LogP contribution in [0.3, 0.4) is 0 Å². The summed E-state index contributed by atoms with van der Waals surface area (Å²) >= 11 is 7.45. The number of ether oxygens (including phenoxy) is 1. The van der Waals surface area contributed by atoms with Crippen LogP contribution in [0.5, 0.6) is 11.6 Å². The number of nitrogens with zero attached hydrogens (tertiary/aromatic N) is 1. The van der Waals surface area contributed by atoms with E-state index in [0.717, 1.165) is 4.88 Å². The fraction of sp³-hybridized carbons (Fsp3) is 0.0588. The van der Waals surface area contributed by atoms with E-state index in [1.807, 2.05) is 17.5 Å². The van der Waals surface area contributed by atoms with E-state index >= 15 is 0 Å². The van der Waals surface area contributed by atoms with Crippen molar-refractivity contribution >= 4 is 28.8 Å². The first-order valence-corrected chi connectivity index (χ1v) is 8.17. The SMILES string of the molecule is O=C(NCc1cccs1)c1cccnc1Oc1ccc(Cl)cc1. The molecule has 2 aromatic heterocycles. The van der Waals surface area contributed by atoms with Crippen LogP contribution < -0.4 is 10.1 Å². The Bertz CT molecular complexity index is 789. The molecule has 2 heterocycles. The number of halogens is 1. The van der Waals surface area contributed by atoms with Gasteiger partial charge in [0.15, 0.2) is 0 Å². The maximum atomic E-state index is 12.4. The van der Waals surface area contributed by atoms with Gasteiger partial charge in [0.25, 0.3) is 5.91 Å². The minimum atomic E-state index is -0.226. The van der Waals surface area contributed by atoms with Crippen LogP contribution in [0, 0.1) is 0 Å². The lowest BCUT2D eigenvalue weighted by Gasteiger charge is -2.10. The molecule has 1 aromatic carbocycles. The maximum absolute atomic E-state index is 12.4. The molecule has 0 radical (unpaired) electrons. The molecular formula is C17H13ClN2O2S. The molecule has 0 aliphatic heterocycles. The molecule has 0 unspecified atom stereocenters. The number of aromatic nitrogens is 1. The molecule has 0 bridgehead atoms. The van der Waals surface area contributed by atoms with E-state index < -0.39 is 0 Å². The van der Waals surface area contributed by atoms with E-state index in [1.54, 1.807) is 53.9 Å². The predicted molar refractivity (Wildman–Crippen MR) is 91.3 cm³/mol. The highest BCUT2D eigenvalue weighted by Gasteiger charge is 2.14. The van der Waals surface area contributed by atoms with Crippen molar-refractivity contribution in [1.82, 2.24) is 10.3 Å². The van der Waals surface area contributed by atoms with Gasteiger partial charge in [-0.3, -0.25) is 4.79 Å². The van der Waals surface area contributed by atoms with E-state index in [1.165, 1.54) is 0 Å². The van der Waals surface area contributed by atoms with Crippen molar-refractivity contribution in [2.24, 2.45) is 0 Å². The number of hydrogen-bond donors (Lipinski definition) is 1. The van der Waals surface area contributed by atoms with Gasteiger partial charge in [-0.25, -0.2) is 4.98 Å². The molecule has 0 saturated carbocycles. The number of thiophene rings is 1. The summed E-state index contributed by atoms with van der Waals surface area (Å²) in [7, 11) is 0. The normalized spacial score (nSPS) is 10.3. The van der Waals surface area contributed by atoms with Gasteiger partial charge in [-0.15, -0.1) is 11.3 Å². The first-order chi connectivity index (χ1) is 11.2. The molecule has 0 fully saturated rings. The van der Waals surface area contributed by atoms with E-state index in [-0.39, 0.29) is 11.8 Å². The van der Waals surface area contributed by atoms with Gasteiger partial charge < -0.3 is 10.1 Å². The summed E-state index contributed by atoms with van der Waals surface area (Å²) < 4.78 is 5.69. The lowest BCUT2D eigenvalue weighted by atomic mass is 10.2. The monoisotopic (exact) mass is 344 g/mol. The molecule has 1 N–H and O–H groups in total. The summed E-state index contributed by atoms with van der Waals surface area (Å²) in [6, 6.07) is 14.2. The lowest BCUT2D eigenvalue weighted by molar-refractivity contribution is 0.0948. The second-order valence-corrected chi connectivity index (χ2v) is 6.14. The number of amides is 1. The second kappa shape index (κ2) is 7.26. The van der Waals surface area contributed by atoms with Crippen LogP contribution in [0.25, 0.3) is 0 Å². The summed E-state index contributed by atoms with van der Waals surface area (Å²) in [6.45, 7) is 0.478.